The van der Waals surface area contributed by atoms with Gasteiger partial charge in [-0.3, -0.25) is 0 Å². The van der Waals surface area contributed by atoms with E-state index in [1.165, 1.54) is 10.8 Å². The van der Waals surface area contributed by atoms with E-state index in [4.69, 9.17) is 0 Å². The second-order valence-corrected chi connectivity index (χ2v) is 8.87. The fourth-order valence-electron chi connectivity index (χ4n) is 3.03. The van der Waals surface area contributed by atoms with Crippen LogP contribution in [0.5, 0.6) is 0 Å². The van der Waals surface area contributed by atoms with Crippen LogP contribution in [0.25, 0.3) is 21.5 Å². The van der Waals surface area contributed by atoms with E-state index in [0.29, 0.717) is 0 Å². The highest BCUT2D eigenvalue weighted by Gasteiger charge is 2.21. The first kappa shape index (κ1) is 14.2. The van der Waals surface area contributed by atoms with Gasteiger partial charge in [0.2, 0.25) is 0 Å². The van der Waals surface area contributed by atoms with Crippen LogP contribution in [0.1, 0.15) is 0 Å². The molecular weight excluding hydrogens is 299 g/mol. The Morgan fingerprint density at radius 3 is 1.39 bits per heavy atom. The van der Waals surface area contributed by atoms with Crippen LogP contribution in [0.3, 0.4) is 0 Å². The summed E-state index contributed by atoms with van der Waals surface area (Å²) in [4.78, 5) is 0. The molecule has 0 unspecified atom stereocenters. The summed E-state index contributed by atoms with van der Waals surface area (Å²) in [6.07, 6.45) is 0. The highest BCUT2D eigenvalue weighted by Crippen LogP contribution is 2.40. The minimum atomic E-state index is -2.61. The molecular formula is C21H17OP. The van der Waals surface area contributed by atoms with Crippen molar-refractivity contribution in [1.29, 1.82) is 0 Å². The lowest BCUT2D eigenvalue weighted by atomic mass is 10.1. The first-order chi connectivity index (χ1) is 11.1. The van der Waals surface area contributed by atoms with Crippen molar-refractivity contribution in [3.05, 3.63) is 84.9 Å². The normalized spacial score (nSPS) is 11.9. The minimum absolute atomic E-state index is 0.909. The predicted molar refractivity (Wildman–Crippen MR) is 101 cm³/mol. The van der Waals surface area contributed by atoms with Gasteiger partial charge in [0, 0.05) is 10.6 Å². The Hall–Kier alpha value is -2.37. The summed E-state index contributed by atoms with van der Waals surface area (Å²) in [5, 5.41) is 6.43. The Morgan fingerprint density at radius 2 is 0.957 bits per heavy atom. The zero-order valence-electron chi connectivity index (χ0n) is 12.9. The molecule has 112 valence electrons. The van der Waals surface area contributed by atoms with Crippen molar-refractivity contribution in [2.75, 3.05) is 6.66 Å². The van der Waals surface area contributed by atoms with E-state index in [1.54, 1.807) is 0 Å². The van der Waals surface area contributed by atoms with Crippen LogP contribution < -0.4 is 10.6 Å². The molecule has 0 fully saturated rings. The molecule has 0 aliphatic rings. The average Bonchev–Trinajstić information content (AvgIpc) is 2.61. The molecule has 4 aromatic rings. The number of hydrogen-bond acceptors (Lipinski definition) is 1. The predicted octanol–water partition coefficient (Wildman–Crippen LogP) is 4.94. The van der Waals surface area contributed by atoms with Crippen molar-refractivity contribution in [3.8, 4) is 0 Å². The molecule has 0 N–H and O–H groups in total. The maximum absolute atomic E-state index is 13.5. The van der Waals surface area contributed by atoms with Crippen molar-refractivity contribution >= 4 is 39.3 Å². The first-order valence-electron chi connectivity index (χ1n) is 7.71. The van der Waals surface area contributed by atoms with Gasteiger partial charge in [0.15, 0.2) is 0 Å². The van der Waals surface area contributed by atoms with Gasteiger partial charge >= 0.3 is 0 Å². The smallest absolute Gasteiger partial charge is 0.140 e. The lowest BCUT2D eigenvalue weighted by molar-refractivity contribution is 0.590. The first-order valence-corrected chi connectivity index (χ1v) is 9.86. The number of hydrogen-bond donors (Lipinski definition) is 0. The number of rotatable bonds is 2. The topological polar surface area (TPSA) is 17.1 Å². The highest BCUT2D eigenvalue weighted by molar-refractivity contribution is 7.78. The summed E-state index contributed by atoms with van der Waals surface area (Å²) >= 11 is 0. The molecule has 0 spiro atoms. The fraction of sp³-hybridized carbons (Fsp3) is 0.0476. The van der Waals surface area contributed by atoms with Crippen LogP contribution >= 0.6 is 7.14 Å². The molecule has 0 aliphatic heterocycles. The van der Waals surface area contributed by atoms with Gasteiger partial charge in [0.25, 0.3) is 0 Å². The van der Waals surface area contributed by atoms with Gasteiger partial charge < -0.3 is 4.57 Å². The lowest BCUT2D eigenvalue weighted by Crippen LogP contribution is -2.14. The Morgan fingerprint density at radius 1 is 0.565 bits per heavy atom. The molecule has 0 atom stereocenters. The molecule has 23 heavy (non-hydrogen) atoms. The number of benzene rings is 4. The second kappa shape index (κ2) is 5.37. The van der Waals surface area contributed by atoms with Crippen LogP contribution in [0.4, 0.5) is 0 Å². The van der Waals surface area contributed by atoms with Crippen LogP contribution in [0.2, 0.25) is 0 Å². The van der Waals surface area contributed by atoms with Crippen molar-refractivity contribution in [3.63, 3.8) is 0 Å². The summed E-state index contributed by atoms with van der Waals surface area (Å²) < 4.78 is 13.5. The van der Waals surface area contributed by atoms with Crippen molar-refractivity contribution in [2.24, 2.45) is 0 Å². The van der Waals surface area contributed by atoms with E-state index in [0.717, 1.165) is 21.4 Å². The van der Waals surface area contributed by atoms with Gasteiger partial charge in [0.05, 0.1) is 0 Å². The van der Waals surface area contributed by atoms with Crippen LogP contribution in [0, 0.1) is 0 Å². The van der Waals surface area contributed by atoms with Gasteiger partial charge in [-0.1, -0.05) is 72.8 Å². The molecule has 0 saturated heterocycles. The molecule has 0 bridgehead atoms. The largest absolute Gasteiger partial charge is 0.314 e. The van der Waals surface area contributed by atoms with E-state index < -0.39 is 7.14 Å². The Bertz CT molecular complexity index is 982. The third-order valence-corrected chi connectivity index (χ3v) is 6.98. The van der Waals surface area contributed by atoms with Gasteiger partial charge in [-0.15, -0.1) is 0 Å². The SMILES string of the molecule is CP(=O)(c1ccc2ccccc2c1)c1ccc2ccccc2c1. The van der Waals surface area contributed by atoms with E-state index >= 15 is 0 Å². The van der Waals surface area contributed by atoms with Gasteiger partial charge in [-0.05, 0) is 40.3 Å². The van der Waals surface area contributed by atoms with Crippen molar-refractivity contribution < 1.29 is 4.57 Å². The van der Waals surface area contributed by atoms with E-state index in [9.17, 15) is 4.57 Å². The quantitative estimate of drug-likeness (QED) is 0.479. The third-order valence-electron chi connectivity index (χ3n) is 4.45. The minimum Gasteiger partial charge on any atom is -0.314 e. The van der Waals surface area contributed by atoms with Crippen molar-refractivity contribution in [1.82, 2.24) is 0 Å². The third kappa shape index (κ3) is 2.48. The fourth-order valence-corrected chi connectivity index (χ4v) is 4.82. The van der Waals surface area contributed by atoms with E-state index in [1.807, 2.05) is 43.1 Å². The molecule has 4 aromatic carbocycles. The monoisotopic (exact) mass is 316 g/mol. The molecule has 2 heteroatoms. The number of fused-ring (bicyclic) bond motifs is 2. The molecule has 0 heterocycles. The van der Waals surface area contributed by atoms with Gasteiger partial charge in [-0.2, -0.15) is 0 Å². The summed E-state index contributed by atoms with van der Waals surface area (Å²) in [5.74, 6) is 0. The van der Waals surface area contributed by atoms with Gasteiger partial charge in [-0.25, -0.2) is 0 Å². The highest BCUT2D eigenvalue weighted by atomic mass is 31.2. The van der Waals surface area contributed by atoms with E-state index in [-0.39, 0.29) is 0 Å². The maximum Gasteiger partial charge on any atom is 0.140 e. The van der Waals surface area contributed by atoms with Crippen LogP contribution in [0.15, 0.2) is 84.9 Å². The summed E-state index contributed by atoms with van der Waals surface area (Å²) in [7, 11) is -2.61. The average molecular weight is 316 g/mol. The molecule has 1 nitrogen and oxygen atoms in total. The molecule has 0 amide bonds. The summed E-state index contributed by atoms with van der Waals surface area (Å²) in [6, 6.07) is 28.6. The molecule has 0 radical (unpaired) electrons. The molecule has 0 saturated carbocycles. The Labute approximate surface area is 136 Å². The van der Waals surface area contributed by atoms with Crippen molar-refractivity contribution in [2.45, 2.75) is 0 Å². The van der Waals surface area contributed by atoms with Gasteiger partial charge in [0.1, 0.15) is 7.14 Å². The Balaban J connectivity index is 1.87. The standard InChI is InChI=1S/C21H17OP/c1-23(22,20-12-10-16-6-2-4-8-18(16)14-20)21-13-11-17-7-3-5-9-19(17)15-21/h2-15H,1H3. The molecule has 0 aliphatic carbocycles. The summed E-state index contributed by atoms with van der Waals surface area (Å²) in [6.45, 7) is 1.86. The lowest BCUT2D eigenvalue weighted by Gasteiger charge is -2.15. The summed E-state index contributed by atoms with van der Waals surface area (Å²) in [5.41, 5.74) is 0. The molecule has 0 aromatic heterocycles. The van der Waals surface area contributed by atoms with Crippen LogP contribution in [-0.4, -0.2) is 6.66 Å². The zero-order valence-corrected chi connectivity index (χ0v) is 13.8. The molecule has 4 rings (SSSR count). The van der Waals surface area contributed by atoms with E-state index in [2.05, 4.69) is 48.5 Å². The van der Waals surface area contributed by atoms with Crippen LogP contribution in [-0.2, 0) is 4.57 Å². The Kier molecular flexibility index (Phi) is 3.32. The second-order valence-electron chi connectivity index (χ2n) is 5.99. The zero-order chi connectivity index (χ0) is 15.9. The maximum atomic E-state index is 13.5.